The van der Waals surface area contributed by atoms with E-state index in [0.29, 0.717) is 10.5 Å². The number of aromatic amines is 1. The second kappa shape index (κ2) is 11.7. The fraction of sp³-hybridized carbons (Fsp3) is 0.545. The minimum Gasteiger partial charge on any atom is -0.390 e. The maximum absolute atomic E-state index is 13.3. The highest BCUT2D eigenvalue weighted by Gasteiger charge is 2.53. The number of aliphatic hydroxyl groups is 2. The van der Waals surface area contributed by atoms with Crippen molar-refractivity contribution in [2.45, 2.75) is 54.2 Å². The maximum Gasteiger partial charge on any atom is 0.472 e. The maximum atomic E-state index is 13.3. The van der Waals surface area contributed by atoms with E-state index in [9.17, 15) is 33.9 Å². The second-order valence-corrected chi connectivity index (χ2v) is 14.4. The van der Waals surface area contributed by atoms with Crippen LogP contribution in [0.4, 0.5) is 5.95 Å². The molecule has 248 valence electrons. The van der Waals surface area contributed by atoms with Crippen molar-refractivity contribution < 1.29 is 52.0 Å². The van der Waals surface area contributed by atoms with Gasteiger partial charge in [0.15, 0.2) is 23.0 Å². The Balaban J connectivity index is 1.20. The van der Waals surface area contributed by atoms with Crippen molar-refractivity contribution in [1.82, 2.24) is 39.0 Å². The largest absolute Gasteiger partial charge is 0.472 e. The van der Waals surface area contributed by atoms with Crippen LogP contribution in [0, 0.1) is 5.92 Å². The van der Waals surface area contributed by atoms with Gasteiger partial charge in [0, 0.05) is 5.92 Å². The number of nitrogens with two attached hydrogens (primary N) is 1. The van der Waals surface area contributed by atoms with Gasteiger partial charge < -0.3 is 35.0 Å². The molecule has 1 saturated carbocycles. The van der Waals surface area contributed by atoms with Gasteiger partial charge in [-0.25, -0.2) is 29.1 Å². The normalized spacial score (nSPS) is 37.2. The molecular weight excluding hydrogens is 676 g/mol. The number of aliphatic hydroxyl groups excluding tert-OH is 2. The number of nitrogen functional groups attached to an aromatic ring is 1. The summed E-state index contributed by atoms with van der Waals surface area (Å²) < 4.78 is 56.4. The Kier molecular flexibility index (Phi) is 8.06. The quantitative estimate of drug-likeness (QED) is 0.0887. The van der Waals surface area contributed by atoms with E-state index in [1.54, 1.807) is 6.26 Å². The van der Waals surface area contributed by atoms with Gasteiger partial charge in [0.25, 0.3) is 5.56 Å². The molecule has 7 N–H and O–H groups in total. The minimum atomic E-state index is -5.02. The minimum absolute atomic E-state index is 0.00348. The fourth-order valence-corrected chi connectivity index (χ4v) is 8.41. The van der Waals surface area contributed by atoms with Crippen molar-refractivity contribution in [3.05, 3.63) is 29.3 Å². The highest BCUT2D eigenvalue weighted by molar-refractivity contribution is 7.98. The molecule has 0 radical (unpaired) electrons. The molecule has 2 bridgehead atoms. The number of nitrogens with one attached hydrogen (secondary N) is 1. The molecule has 46 heavy (non-hydrogen) atoms. The third kappa shape index (κ3) is 5.57. The Labute approximate surface area is 261 Å². The molecule has 3 fully saturated rings. The third-order valence-corrected chi connectivity index (χ3v) is 10.7. The molecule has 0 spiro atoms. The number of ether oxygens (including phenoxy) is 1. The van der Waals surface area contributed by atoms with Crippen LogP contribution in [0.5, 0.6) is 0 Å². The molecule has 4 unspecified atom stereocenters. The smallest absolute Gasteiger partial charge is 0.390 e. The monoisotopic (exact) mass is 703 g/mol. The van der Waals surface area contributed by atoms with E-state index in [1.807, 2.05) is 0 Å². The number of hydrogen-bond donors (Lipinski definition) is 6. The Morgan fingerprint density at radius 1 is 0.957 bits per heavy atom. The lowest BCUT2D eigenvalue weighted by atomic mass is 10.1. The molecule has 4 aromatic heterocycles. The number of fused-ring (bicyclic) bond motifs is 5. The van der Waals surface area contributed by atoms with E-state index < -0.39 is 83.1 Å². The zero-order valence-electron chi connectivity index (χ0n) is 23.5. The van der Waals surface area contributed by atoms with Crippen LogP contribution in [0.2, 0.25) is 0 Å². The predicted molar refractivity (Wildman–Crippen MR) is 154 cm³/mol. The van der Waals surface area contributed by atoms with Crippen LogP contribution >= 0.6 is 27.4 Å². The summed E-state index contributed by atoms with van der Waals surface area (Å²) in [4.78, 5) is 56.9. The number of nitrogens with zero attached hydrogens (tertiary/aromatic N) is 7. The van der Waals surface area contributed by atoms with Crippen molar-refractivity contribution in [3.63, 3.8) is 0 Å². The molecule has 6 heterocycles. The van der Waals surface area contributed by atoms with Crippen molar-refractivity contribution in [3.8, 4) is 0 Å². The Morgan fingerprint density at radius 3 is 2.41 bits per heavy atom. The van der Waals surface area contributed by atoms with Crippen LogP contribution < -0.4 is 11.3 Å². The fourth-order valence-electron chi connectivity index (χ4n) is 5.94. The first-order valence-electron chi connectivity index (χ1n) is 13.6. The third-order valence-electron chi connectivity index (χ3n) is 8.02. The standard InChI is InChI=1S/C22H27N9O12P2S/c1-46-20-12-17(24-5-25-20)31(7-27-12)21-14(33)16-10(41-21)4-40-45(37,38)42-15-9(2-8(13(15)32)3-39-44(35,36)43-16)30-6-26-11-18(30)28-22(23)29-19(11)34/h5-10,13-16,21,32-33H,2-4H2,1H3,(H,35,36)(H,37,38)(H3,23,28,29,34)/t8-,9-,10-,13?,14+,15-,16?,21-/m1/s1. The van der Waals surface area contributed by atoms with Gasteiger partial charge in [0.05, 0.1) is 38.0 Å². The molecule has 2 aliphatic heterocycles. The number of thioether (sulfide) groups is 1. The van der Waals surface area contributed by atoms with Gasteiger partial charge in [-0.15, -0.1) is 11.8 Å². The number of anilines is 1. The van der Waals surface area contributed by atoms with Crippen LogP contribution in [0.25, 0.3) is 22.3 Å². The van der Waals surface area contributed by atoms with E-state index in [-0.39, 0.29) is 29.2 Å². The first-order chi connectivity index (χ1) is 21.9. The number of aromatic nitrogens is 8. The molecule has 1 aliphatic carbocycles. The summed E-state index contributed by atoms with van der Waals surface area (Å²) >= 11 is 1.32. The van der Waals surface area contributed by atoms with Crippen LogP contribution in [0.3, 0.4) is 0 Å². The molecule has 2 saturated heterocycles. The number of phosphoric ester groups is 2. The zero-order chi connectivity index (χ0) is 32.5. The first-order valence-corrected chi connectivity index (χ1v) is 17.8. The Morgan fingerprint density at radius 2 is 1.65 bits per heavy atom. The number of H-pyrrole nitrogens is 1. The van der Waals surface area contributed by atoms with Gasteiger partial charge in [-0.2, -0.15) is 4.98 Å². The summed E-state index contributed by atoms with van der Waals surface area (Å²) in [5.74, 6) is -1.19. The van der Waals surface area contributed by atoms with Crippen molar-refractivity contribution in [1.29, 1.82) is 0 Å². The molecule has 24 heteroatoms. The van der Waals surface area contributed by atoms with Gasteiger partial charge in [-0.05, 0) is 12.7 Å². The average Bonchev–Trinajstić information content (AvgIpc) is 3.76. The molecule has 7 rings (SSSR count). The number of imidazole rings is 2. The van der Waals surface area contributed by atoms with Crippen LogP contribution in [-0.2, 0) is 32.0 Å². The Hall–Kier alpha value is -2.85. The molecule has 0 aromatic carbocycles. The van der Waals surface area contributed by atoms with Crippen LogP contribution in [-0.4, -0.2) is 109 Å². The van der Waals surface area contributed by atoms with Gasteiger partial charge in [0.1, 0.15) is 41.3 Å². The molecule has 3 aliphatic rings. The molecule has 4 aromatic rings. The average molecular weight is 704 g/mol. The van der Waals surface area contributed by atoms with Crippen molar-refractivity contribution >= 4 is 55.7 Å². The summed E-state index contributed by atoms with van der Waals surface area (Å²) in [5.41, 5.74) is 5.67. The van der Waals surface area contributed by atoms with E-state index in [2.05, 4.69) is 29.9 Å². The molecule has 10 atom stereocenters. The van der Waals surface area contributed by atoms with Crippen LogP contribution in [0.15, 0.2) is 28.8 Å². The van der Waals surface area contributed by atoms with Gasteiger partial charge in [0.2, 0.25) is 5.95 Å². The van der Waals surface area contributed by atoms with Gasteiger partial charge in [-0.1, -0.05) is 0 Å². The van der Waals surface area contributed by atoms with Crippen molar-refractivity contribution in [2.75, 3.05) is 25.2 Å². The summed E-state index contributed by atoms with van der Waals surface area (Å²) in [6, 6.07) is -0.988. The number of rotatable bonds is 3. The lowest BCUT2D eigenvalue weighted by Crippen LogP contribution is -2.36. The predicted octanol–water partition coefficient (Wildman–Crippen LogP) is -0.538. The highest BCUT2D eigenvalue weighted by atomic mass is 32.2. The van der Waals surface area contributed by atoms with E-state index >= 15 is 0 Å². The Bertz CT molecular complexity index is 1960. The van der Waals surface area contributed by atoms with Crippen molar-refractivity contribution in [2.24, 2.45) is 5.92 Å². The summed E-state index contributed by atoms with van der Waals surface area (Å²) in [5, 5.41) is 22.9. The number of phosphoric acid groups is 2. The number of hydrogen-bond acceptors (Lipinski definition) is 17. The van der Waals surface area contributed by atoms with E-state index in [1.165, 1.54) is 39.9 Å². The lowest BCUT2D eigenvalue weighted by molar-refractivity contribution is -0.0553. The summed E-state index contributed by atoms with van der Waals surface area (Å²) in [6.07, 6.45) is -3.40. The molecular formula is C22H27N9O12P2S. The second-order valence-electron chi connectivity index (χ2n) is 10.8. The highest BCUT2D eigenvalue weighted by Crippen LogP contribution is 2.55. The topological polar surface area (TPSA) is 294 Å². The first kappa shape index (κ1) is 31.7. The lowest BCUT2D eigenvalue weighted by Gasteiger charge is -2.26. The summed E-state index contributed by atoms with van der Waals surface area (Å²) in [6.45, 7) is -1.36. The van der Waals surface area contributed by atoms with Gasteiger partial charge in [-0.3, -0.25) is 32.4 Å². The summed E-state index contributed by atoms with van der Waals surface area (Å²) in [7, 11) is -10.00. The molecule has 0 amide bonds. The van der Waals surface area contributed by atoms with E-state index in [4.69, 9.17) is 28.6 Å². The van der Waals surface area contributed by atoms with Crippen LogP contribution in [0.1, 0.15) is 18.7 Å². The SMILES string of the molecule is CSc1ncnc2c1ncn2[C@@H]1O[C@@H]2COP(=O)(O)O[C@H]3C(O)[C@@H](COP(=O)(O)OC2[C@@H]1O)C[C@H]3n1cnc2c(=O)[nH]c(N)nc21. The molecule has 21 nitrogen and oxygen atoms in total. The zero-order valence-corrected chi connectivity index (χ0v) is 26.1. The van der Waals surface area contributed by atoms with Gasteiger partial charge >= 0.3 is 15.6 Å². The van der Waals surface area contributed by atoms with E-state index in [0.717, 1.165) is 0 Å².